The summed E-state index contributed by atoms with van der Waals surface area (Å²) in [4.78, 5) is 22.8. The Labute approximate surface area is 364 Å². The first kappa shape index (κ1) is 57.2. The molecule has 0 spiro atoms. The lowest BCUT2D eigenvalue weighted by molar-refractivity contribution is -0.123. The third kappa shape index (κ3) is 44.1. The van der Waals surface area contributed by atoms with Crippen LogP contribution in [0.15, 0.2) is 60.8 Å². The maximum atomic E-state index is 12.8. The van der Waals surface area contributed by atoms with Gasteiger partial charge < -0.3 is 21.1 Å². The van der Waals surface area contributed by atoms with Gasteiger partial charge in [0, 0.05) is 13.0 Å². The van der Waals surface area contributed by atoms with Crippen LogP contribution in [-0.2, 0) is 18.4 Å². The van der Waals surface area contributed by atoms with Crippen LogP contribution < -0.4 is 11.1 Å². The Morgan fingerprint density at radius 3 is 1.44 bits per heavy atom. The molecule has 0 aliphatic heterocycles. The molecule has 8 nitrogen and oxygen atoms in total. The lowest BCUT2D eigenvalue weighted by Crippen LogP contribution is -2.45. The van der Waals surface area contributed by atoms with Gasteiger partial charge in [-0.1, -0.05) is 197 Å². The molecular formula is C50H93N2O6P. The average Bonchev–Trinajstić information content (AvgIpc) is 3.22. The van der Waals surface area contributed by atoms with E-state index in [-0.39, 0.29) is 25.7 Å². The van der Waals surface area contributed by atoms with Crippen molar-refractivity contribution in [3.63, 3.8) is 0 Å². The van der Waals surface area contributed by atoms with Gasteiger partial charge in [-0.2, -0.15) is 0 Å². The predicted molar refractivity (Wildman–Crippen MR) is 254 cm³/mol. The van der Waals surface area contributed by atoms with E-state index < -0.39 is 20.0 Å². The molecule has 3 atom stereocenters. The highest BCUT2D eigenvalue weighted by Gasteiger charge is 2.26. The Morgan fingerprint density at radius 2 is 0.949 bits per heavy atom. The zero-order valence-electron chi connectivity index (χ0n) is 38.2. The summed E-state index contributed by atoms with van der Waals surface area (Å²) in [5.41, 5.74) is 5.38. The van der Waals surface area contributed by atoms with E-state index in [9.17, 15) is 19.4 Å². The van der Waals surface area contributed by atoms with E-state index in [2.05, 4.69) is 67.8 Å². The molecule has 0 aromatic rings. The van der Waals surface area contributed by atoms with Gasteiger partial charge in [-0.05, 0) is 77.0 Å². The Balaban J connectivity index is 4.23. The number of unbranched alkanes of at least 4 members (excludes halogenated alkanes) is 25. The van der Waals surface area contributed by atoms with Gasteiger partial charge in [-0.15, -0.1) is 0 Å². The van der Waals surface area contributed by atoms with Crippen molar-refractivity contribution < 1.29 is 28.4 Å². The number of phosphoric ester groups is 1. The minimum Gasteiger partial charge on any atom is -0.387 e. The van der Waals surface area contributed by atoms with Gasteiger partial charge in [-0.25, -0.2) is 4.57 Å². The molecule has 0 aliphatic rings. The number of nitrogens with two attached hydrogens (primary N) is 1. The predicted octanol–water partition coefficient (Wildman–Crippen LogP) is 14.2. The van der Waals surface area contributed by atoms with Crippen LogP contribution in [0.3, 0.4) is 0 Å². The highest BCUT2D eigenvalue weighted by Crippen LogP contribution is 2.43. The largest absolute Gasteiger partial charge is 0.472 e. The maximum absolute atomic E-state index is 12.8. The molecule has 5 N–H and O–H groups in total. The Morgan fingerprint density at radius 1 is 0.559 bits per heavy atom. The van der Waals surface area contributed by atoms with Crippen molar-refractivity contribution in [2.24, 2.45) is 5.73 Å². The van der Waals surface area contributed by atoms with E-state index in [0.29, 0.717) is 6.42 Å². The summed E-state index contributed by atoms with van der Waals surface area (Å²) in [5.74, 6) is -0.213. The molecule has 0 fully saturated rings. The molecule has 1 amide bonds. The summed E-state index contributed by atoms with van der Waals surface area (Å²) in [7, 11) is -4.36. The Bertz CT molecular complexity index is 1110. The first-order chi connectivity index (χ1) is 28.9. The summed E-state index contributed by atoms with van der Waals surface area (Å²) < 4.78 is 22.2. The van der Waals surface area contributed by atoms with Crippen LogP contribution in [0, 0.1) is 0 Å². The standard InChI is InChI=1S/C50H93N2O6P/c1-3-5-7-9-11-13-15-17-19-21-23-24-26-27-29-31-33-35-37-39-41-43-49(53)48(47-58-59(55,56)57-46-45-51)52-50(54)44-42-40-38-36-34-32-30-28-25-22-20-18-16-14-12-10-8-6-4-2/h12,14,18,20,26-27,33,35,41,43,48-49,53H,3-11,13,15-17,19,21-25,28-32,34,36-40,42,44-47,51H2,1-2H3,(H,52,54)(H,55,56)/b14-12-,20-18-,27-26+,35-33+,43-41+. The second kappa shape index (κ2) is 45.7. The minimum absolute atomic E-state index is 0.0691. The van der Waals surface area contributed by atoms with Crippen LogP contribution in [-0.4, -0.2) is 47.8 Å². The summed E-state index contributed by atoms with van der Waals surface area (Å²) in [5, 5.41) is 13.7. The summed E-state index contributed by atoms with van der Waals surface area (Å²) in [6, 6.07) is -0.888. The van der Waals surface area contributed by atoms with Crippen molar-refractivity contribution in [2.75, 3.05) is 19.8 Å². The zero-order chi connectivity index (χ0) is 43.2. The number of hydrogen-bond donors (Lipinski definition) is 4. The molecule has 0 saturated heterocycles. The molecule has 0 aromatic heterocycles. The molecule has 0 heterocycles. The third-order valence-electron chi connectivity index (χ3n) is 10.5. The van der Waals surface area contributed by atoms with Gasteiger partial charge in [0.05, 0.1) is 25.4 Å². The van der Waals surface area contributed by atoms with Crippen LogP contribution >= 0.6 is 7.82 Å². The van der Waals surface area contributed by atoms with E-state index in [1.54, 1.807) is 6.08 Å². The Kier molecular flexibility index (Phi) is 44.3. The lowest BCUT2D eigenvalue weighted by Gasteiger charge is -2.23. The van der Waals surface area contributed by atoms with Gasteiger partial charge in [0.2, 0.25) is 5.91 Å². The van der Waals surface area contributed by atoms with Crippen LogP contribution in [0.2, 0.25) is 0 Å². The summed E-state index contributed by atoms with van der Waals surface area (Å²) >= 11 is 0. The van der Waals surface area contributed by atoms with E-state index in [4.69, 9.17) is 14.8 Å². The second-order valence-corrected chi connectivity index (χ2v) is 17.7. The molecule has 0 aromatic carbocycles. The lowest BCUT2D eigenvalue weighted by atomic mass is 10.1. The fourth-order valence-corrected chi connectivity index (χ4v) is 7.60. The number of carbonyl (C=O) groups excluding carboxylic acids is 1. The van der Waals surface area contributed by atoms with Gasteiger partial charge in [-0.3, -0.25) is 13.8 Å². The van der Waals surface area contributed by atoms with E-state index in [1.807, 2.05) is 6.08 Å². The van der Waals surface area contributed by atoms with Crippen molar-refractivity contribution in [3.05, 3.63) is 60.8 Å². The normalized spacial score (nSPS) is 14.5. The molecule has 59 heavy (non-hydrogen) atoms. The third-order valence-corrected chi connectivity index (χ3v) is 11.5. The number of carbonyl (C=O) groups is 1. The Hall–Kier alpha value is -1.80. The van der Waals surface area contributed by atoms with E-state index >= 15 is 0 Å². The van der Waals surface area contributed by atoms with Crippen LogP contribution in [0.1, 0.15) is 219 Å². The van der Waals surface area contributed by atoms with Gasteiger partial charge >= 0.3 is 7.82 Å². The smallest absolute Gasteiger partial charge is 0.387 e. The summed E-state index contributed by atoms with van der Waals surface area (Å²) in [6.45, 7) is 4.09. The van der Waals surface area contributed by atoms with Crippen molar-refractivity contribution >= 4 is 13.7 Å². The van der Waals surface area contributed by atoms with Gasteiger partial charge in [0.1, 0.15) is 0 Å². The SMILES string of the molecule is CCCCC/C=C\C/C=C\CCCCCCCCCCCC(=O)NC(COP(=O)(O)OCCN)C(O)/C=C/CC/C=C/CC/C=C/CCCCCCCCCCCCC. The minimum atomic E-state index is -4.36. The highest BCUT2D eigenvalue weighted by atomic mass is 31.2. The van der Waals surface area contributed by atoms with Crippen LogP contribution in [0.5, 0.6) is 0 Å². The molecule has 0 rings (SSSR count). The molecule has 0 radical (unpaired) electrons. The molecule has 0 bridgehead atoms. The number of phosphoric acid groups is 1. The number of hydrogen-bond acceptors (Lipinski definition) is 6. The van der Waals surface area contributed by atoms with Crippen LogP contribution in [0.25, 0.3) is 0 Å². The number of allylic oxidation sites excluding steroid dienone is 9. The quantitative estimate of drug-likeness (QED) is 0.0273. The van der Waals surface area contributed by atoms with Crippen molar-refractivity contribution in [3.8, 4) is 0 Å². The van der Waals surface area contributed by atoms with Crippen molar-refractivity contribution in [1.29, 1.82) is 0 Å². The molecule has 0 saturated carbocycles. The van der Waals surface area contributed by atoms with Gasteiger partial charge in [0.25, 0.3) is 0 Å². The fraction of sp³-hybridized carbons (Fsp3) is 0.780. The van der Waals surface area contributed by atoms with E-state index in [1.165, 1.54) is 148 Å². The molecule has 344 valence electrons. The van der Waals surface area contributed by atoms with Gasteiger partial charge in [0.15, 0.2) is 0 Å². The molecular weight excluding hydrogens is 756 g/mol. The summed E-state index contributed by atoms with van der Waals surface area (Å²) in [6.07, 6.45) is 58.5. The van der Waals surface area contributed by atoms with Crippen LogP contribution in [0.4, 0.5) is 0 Å². The molecule has 9 heteroatoms. The topological polar surface area (TPSA) is 131 Å². The number of aliphatic hydroxyl groups is 1. The maximum Gasteiger partial charge on any atom is 0.472 e. The van der Waals surface area contributed by atoms with Crippen molar-refractivity contribution in [2.45, 2.75) is 231 Å². The average molecular weight is 849 g/mol. The first-order valence-electron chi connectivity index (χ1n) is 24.4. The van der Waals surface area contributed by atoms with Crippen molar-refractivity contribution in [1.82, 2.24) is 5.32 Å². The first-order valence-corrected chi connectivity index (χ1v) is 25.9. The number of amides is 1. The highest BCUT2D eigenvalue weighted by molar-refractivity contribution is 7.47. The molecule has 3 unspecified atom stereocenters. The fourth-order valence-electron chi connectivity index (χ4n) is 6.84. The number of rotatable bonds is 45. The molecule has 0 aliphatic carbocycles. The zero-order valence-corrected chi connectivity index (χ0v) is 39.1. The number of aliphatic hydroxyl groups excluding tert-OH is 1. The second-order valence-electron chi connectivity index (χ2n) is 16.3. The number of nitrogens with one attached hydrogen (secondary N) is 1. The van der Waals surface area contributed by atoms with E-state index in [0.717, 1.165) is 51.4 Å². The monoisotopic (exact) mass is 849 g/mol.